The first-order valence-electron chi connectivity index (χ1n) is 8.63. The predicted octanol–water partition coefficient (Wildman–Crippen LogP) is 3.03. The van der Waals surface area contributed by atoms with Crippen molar-refractivity contribution in [2.45, 2.75) is 45.8 Å². The van der Waals surface area contributed by atoms with Crippen molar-refractivity contribution in [1.29, 1.82) is 0 Å². The molecular formula is C19H26N2O4S. The zero-order chi connectivity index (χ0) is 19.4. The van der Waals surface area contributed by atoms with Gasteiger partial charge in [0, 0.05) is 13.1 Å². The Hall–Kier alpha value is -2.15. The number of ether oxygens (including phenoxy) is 2. The van der Waals surface area contributed by atoms with Crippen LogP contribution in [0, 0.1) is 5.41 Å². The van der Waals surface area contributed by atoms with Crippen LogP contribution in [0.15, 0.2) is 30.3 Å². The molecule has 2 N–H and O–H groups in total. The monoisotopic (exact) mass is 378 g/mol. The molecule has 0 saturated carbocycles. The van der Waals surface area contributed by atoms with E-state index in [4.69, 9.17) is 27.4 Å². The zero-order valence-corrected chi connectivity index (χ0v) is 16.3. The highest BCUT2D eigenvalue weighted by Gasteiger charge is 2.46. The minimum atomic E-state index is -1.04. The van der Waals surface area contributed by atoms with Gasteiger partial charge in [-0.3, -0.25) is 4.79 Å². The molecule has 0 aromatic heterocycles. The van der Waals surface area contributed by atoms with Crippen LogP contribution in [0.4, 0.5) is 4.79 Å². The van der Waals surface area contributed by atoms with Crippen molar-refractivity contribution in [2.75, 3.05) is 13.1 Å². The maximum Gasteiger partial charge on any atom is 0.410 e. The fourth-order valence-electron chi connectivity index (χ4n) is 2.81. The molecule has 7 heteroatoms. The first kappa shape index (κ1) is 20.2. The summed E-state index contributed by atoms with van der Waals surface area (Å²) in [6.07, 6.45) is 0.261. The van der Waals surface area contributed by atoms with E-state index in [2.05, 4.69) is 0 Å². The number of thiocarbonyl (C=S) groups is 1. The summed E-state index contributed by atoms with van der Waals surface area (Å²) in [5.74, 6) is -0.433. The Kier molecular flexibility index (Phi) is 6.23. The largest absolute Gasteiger partial charge is 0.460 e. The fraction of sp³-hybridized carbons (Fsp3) is 0.526. The number of nitrogens with two attached hydrogens (primary N) is 1. The van der Waals surface area contributed by atoms with Gasteiger partial charge in [0.25, 0.3) is 0 Å². The van der Waals surface area contributed by atoms with E-state index in [-0.39, 0.29) is 11.6 Å². The lowest BCUT2D eigenvalue weighted by Gasteiger charge is -2.39. The normalized spacial score (nSPS) is 16.7. The highest BCUT2D eigenvalue weighted by Crippen LogP contribution is 2.34. The third-order valence-corrected chi connectivity index (χ3v) is 4.73. The number of hydrogen-bond donors (Lipinski definition) is 1. The van der Waals surface area contributed by atoms with E-state index in [1.165, 1.54) is 0 Å². The van der Waals surface area contributed by atoms with Gasteiger partial charge >= 0.3 is 12.1 Å². The summed E-state index contributed by atoms with van der Waals surface area (Å²) in [7, 11) is 0. The smallest absolute Gasteiger partial charge is 0.410 e. The number of esters is 1. The second-order valence-electron chi connectivity index (χ2n) is 7.48. The number of carbonyl (C=O) groups excluding carboxylic acids is 2. The van der Waals surface area contributed by atoms with Crippen LogP contribution in [0.2, 0.25) is 0 Å². The Labute approximate surface area is 159 Å². The number of rotatable bonds is 4. The van der Waals surface area contributed by atoms with Crippen LogP contribution in [0.3, 0.4) is 0 Å². The van der Waals surface area contributed by atoms with Gasteiger partial charge in [0.05, 0.1) is 4.99 Å². The highest BCUT2D eigenvalue weighted by molar-refractivity contribution is 7.80. The summed E-state index contributed by atoms with van der Waals surface area (Å²) in [6.45, 7) is 6.29. The molecule has 0 spiro atoms. The maximum absolute atomic E-state index is 12.7. The number of piperidine rings is 1. The van der Waals surface area contributed by atoms with Gasteiger partial charge in [-0.2, -0.15) is 0 Å². The fourth-order valence-corrected chi connectivity index (χ4v) is 3.10. The van der Waals surface area contributed by atoms with Crippen LogP contribution in [0.25, 0.3) is 0 Å². The number of hydrogen-bond acceptors (Lipinski definition) is 5. The molecule has 1 amide bonds. The molecule has 1 fully saturated rings. The van der Waals surface area contributed by atoms with Crippen molar-refractivity contribution in [3.05, 3.63) is 35.9 Å². The first-order valence-corrected chi connectivity index (χ1v) is 9.04. The van der Waals surface area contributed by atoms with Gasteiger partial charge in [-0.25, -0.2) is 4.79 Å². The maximum atomic E-state index is 12.7. The van der Waals surface area contributed by atoms with E-state index in [1.54, 1.807) is 4.90 Å². The van der Waals surface area contributed by atoms with Crippen LogP contribution in [0.1, 0.15) is 39.2 Å². The first-order chi connectivity index (χ1) is 12.1. The Balaban J connectivity index is 1.99. The summed E-state index contributed by atoms with van der Waals surface area (Å²) in [4.78, 5) is 26.6. The quantitative estimate of drug-likeness (QED) is 0.641. The molecule has 6 nitrogen and oxygen atoms in total. The van der Waals surface area contributed by atoms with Gasteiger partial charge in [0.1, 0.15) is 17.6 Å². The van der Waals surface area contributed by atoms with Gasteiger partial charge in [-0.05, 0) is 39.2 Å². The van der Waals surface area contributed by atoms with Crippen LogP contribution in [-0.2, 0) is 20.9 Å². The Bertz CT molecular complexity index is 662. The Morgan fingerprint density at radius 1 is 1.19 bits per heavy atom. The van der Waals surface area contributed by atoms with Crippen molar-refractivity contribution in [3.63, 3.8) is 0 Å². The molecule has 1 aromatic rings. The van der Waals surface area contributed by atoms with Crippen LogP contribution in [-0.4, -0.2) is 40.6 Å². The van der Waals surface area contributed by atoms with Crippen LogP contribution >= 0.6 is 12.2 Å². The summed E-state index contributed by atoms with van der Waals surface area (Å²) in [6, 6.07) is 9.42. The summed E-state index contributed by atoms with van der Waals surface area (Å²) in [5.41, 5.74) is 5.18. The van der Waals surface area contributed by atoms with E-state index in [9.17, 15) is 9.59 Å². The summed E-state index contributed by atoms with van der Waals surface area (Å²) >= 11 is 5.17. The topological polar surface area (TPSA) is 81.9 Å². The lowest BCUT2D eigenvalue weighted by Crippen LogP contribution is -2.53. The molecule has 26 heavy (non-hydrogen) atoms. The average molecular weight is 378 g/mol. The van der Waals surface area contributed by atoms with Crippen molar-refractivity contribution in [3.8, 4) is 0 Å². The number of nitrogens with zero attached hydrogens (tertiary/aromatic N) is 1. The second-order valence-corrected chi connectivity index (χ2v) is 7.92. The van der Waals surface area contributed by atoms with Gasteiger partial charge in [-0.1, -0.05) is 42.5 Å². The van der Waals surface area contributed by atoms with Gasteiger partial charge in [-0.15, -0.1) is 0 Å². The highest BCUT2D eigenvalue weighted by atomic mass is 32.1. The minimum Gasteiger partial charge on any atom is -0.460 e. The number of amides is 1. The minimum absolute atomic E-state index is 0.111. The van der Waals surface area contributed by atoms with Gasteiger partial charge in [0.15, 0.2) is 0 Å². The standard InChI is InChI=1S/C19H26N2O4S/c1-18(2,3)25-17(23)21-11-9-19(10-12-21,15(20)26)16(22)24-13-14-7-5-4-6-8-14/h4-8H,9-13H2,1-3H3,(H2,20,26). The lowest BCUT2D eigenvalue weighted by atomic mass is 9.78. The van der Waals surface area contributed by atoms with Crippen molar-refractivity contribution < 1.29 is 19.1 Å². The third-order valence-electron chi connectivity index (χ3n) is 4.34. The molecule has 142 valence electrons. The Morgan fingerprint density at radius 3 is 2.27 bits per heavy atom. The number of carbonyl (C=O) groups is 2. The van der Waals surface area contributed by atoms with E-state index < -0.39 is 23.1 Å². The summed E-state index contributed by atoms with van der Waals surface area (Å²) in [5, 5.41) is 0. The molecule has 1 saturated heterocycles. The number of likely N-dealkylation sites (tertiary alicyclic amines) is 1. The molecule has 1 aromatic carbocycles. The van der Waals surface area contributed by atoms with E-state index >= 15 is 0 Å². The molecule has 0 unspecified atom stereocenters. The van der Waals surface area contributed by atoms with Crippen LogP contribution in [0.5, 0.6) is 0 Å². The molecule has 0 atom stereocenters. The molecule has 0 bridgehead atoms. The van der Waals surface area contributed by atoms with E-state index in [0.29, 0.717) is 25.9 Å². The van der Waals surface area contributed by atoms with Gasteiger partial charge < -0.3 is 20.1 Å². The van der Waals surface area contributed by atoms with Crippen molar-refractivity contribution in [1.82, 2.24) is 4.90 Å². The molecular weight excluding hydrogens is 352 g/mol. The molecule has 1 aliphatic heterocycles. The molecule has 0 aliphatic carbocycles. The molecule has 1 aliphatic rings. The zero-order valence-electron chi connectivity index (χ0n) is 15.5. The Morgan fingerprint density at radius 2 is 1.77 bits per heavy atom. The SMILES string of the molecule is CC(C)(C)OC(=O)N1CCC(C(=O)OCc2ccccc2)(C(N)=S)CC1. The molecule has 0 radical (unpaired) electrons. The summed E-state index contributed by atoms with van der Waals surface area (Å²) < 4.78 is 10.8. The van der Waals surface area contributed by atoms with Gasteiger partial charge in [0.2, 0.25) is 0 Å². The van der Waals surface area contributed by atoms with Crippen molar-refractivity contribution >= 4 is 29.3 Å². The van der Waals surface area contributed by atoms with E-state index in [0.717, 1.165) is 5.56 Å². The van der Waals surface area contributed by atoms with Crippen molar-refractivity contribution in [2.24, 2.45) is 11.1 Å². The van der Waals surface area contributed by atoms with E-state index in [1.807, 2.05) is 51.1 Å². The molecule has 1 heterocycles. The number of benzene rings is 1. The van der Waals surface area contributed by atoms with Crippen LogP contribution < -0.4 is 5.73 Å². The predicted molar refractivity (Wildman–Crippen MR) is 102 cm³/mol. The average Bonchev–Trinajstić information content (AvgIpc) is 2.59. The second kappa shape index (κ2) is 8.03. The molecule has 2 rings (SSSR count). The third kappa shape index (κ3) is 4.94. The lowest BCUT2D eigenvalue weighted by molar-refractivity contribution is -0.155.